The Hall–Kier alpha value is -1.79. The third-order valence-corrected chi connectivity index (χ3v) is 2.79. The third kappa shape index (κ3) is 3.84. The molecule has 0 saturated heterocycles. The smallest absolute Gasteiger partial charge is 0.307 e. The van der Waals surface area contributed by atoms with Crippen molar-refractivity contribution in [3.8, 4) is 11.5 Å². The van der Waals surface area contributed by atoms with Gasteiger partial charge >= 0.3 is 5.97 Å². The van der Waals surface area contributed by atoms with Crippen LogP contribution >= 0.6 is 0 Å². The summed E-state index contributed by atoms with van der Waals surface area (Å²) >= 11 is 0. The Labute approximate surface area is 112 Å². The Morgan fingerprint density at radius 3 is 2.53 bits per heavy atom. The van der Waals surface area contributed by atoms with Crippen molar-refractivity contribution in [2.24, 2.45) is 5.73 Å². The molecule has 0 heterocycles. The predicted octanol–water partition coefficient (Wildman–Crippen LogP) is 0.628. The molecule has 0 radical (unpaired) electrons. The predicted molar refractivity (Wildman–Crippen MR) is 69.1 cm³/mol. The second-order valence-electron chi connectivity index (χ2n) is 4.00. The number of hydrogen-bond donors (Lipinski definition) is 2. The van der Waals surface area contributed by atoms with E-state index in [2.05, 4.69) is 4.74 Å². The van der Waals surface area contributed by atoms with Crippen molar-refractivity contribution in [2.45, 2.75) is 18.6 Å². The van der Waals surface area contributed by atoms with Crippen LogP contribution in [0.2, 0.25) is 0 Å². The van der Waals surface area contributed by atoms with Crippen LogP contribution in [0.5, 0.6) is 11.5 Å². The van der Waals surface area contributed by atoms with Crippen molar-refractivity contribution in [3.63, 3.8) is 0 Å². The molecular formula is C13H19NO5. The molecule has 0 spiro atoms. The first-order valence-electron chi connectivity index (χ1n) is 5.75. The number of hydrogen-bond acceptors (Lipinski definition) is 6. The Kier molecular flexibility index (Phi) is 5.59. The van der Waals surface area contributed by atoms with Crippen molar-refractivity contribution in [1.29, 1.82) is 0 Å². The highest BCUT2D eigenvalue weighted by atomic mass is 16.5. The molecule has 106 valence electrons. The largest absolute Gasteiger partial charge is 0.497 e. The molecule has 2 unspecified atom stereocenters. The molecule has 1 rings (SSSR count). The van der Waals surface area contributed by atoms with E-state index in [1.165, 1.54) is 21.3 Å². The topological polar surface area (TPSA) is 91.0 Å². The summed E-state index contributed by atoms with van der Waals surface area (Å²) < 4.78 is 14.8. The Morgan fingerprint density at radius 2 is 2.00 bits per heavy atom. The van der Waals surface area contributed by atoms with Gasteiger partial charge in [0.15, 0.2) is 0 Å². The quantitative estimate of drug-likeness (QED) is 0.736. The lowest BCUT2D eigenvalue weighted by Gasteiger charge is -2.20. The minimum Gasteiger partial charge on any atom is -0.497 e. The molecule has 19 heavy (non-hydrogen) atoms. The summed E-state index contributed by atoms with van der Waals surface area (Å²) in [5.74, 6) is 0.571. The first-order valence-corrected chi connectivity index (χ1v) is 5.75. The van der Waals surface area contributed by atoms with Crippen LogP contribution in [0.3, 0.4) is 0 Å². The van der Waals surface area contributed by atoms with Gasteiger partial charge in [-0.25, -0.2) is 0 Å². The highest BCUT2D eigenvalue weighted by Crippen LogP contribution is 2.31. The standard InChI is InChI=1S/C13H19NO5/c1-17-8-4-5-11(18-2)9(6-8)13(16)10(14)7-12(15)19-3/h4-6,10,13,16H,7,14H2,1-3H3. The summed E-state index contributed by atoms with van der Waals surface area (Å²) in [4.78, 5) is 11.2. The van der Waals surface area contributed by atoms with Gasteiger partial charge in [-0.1, -0.05) is 0 Å². The van der Waals surface area contributed by atoms with Crippen LogP contribution in [0.25, 0.3) is 0 Å². The number of methoxy groups -OCH3 is 3. The van der Waals surface area contributed by atoms with Crippen molar-refractivity contribution >= 4 is 5.97 Å². The zero-order valence-electron chi connectivity index (χ0n) is 11.3. The van der Waals surface area contributed by atoms with E-state index in [9.17, 15) is 9.90 Å². The maximum absolute atomic E-state index is 11.2. The van der Waals surface area contributed by atoms with Crippen molar-refractivity contribution in [1.82, 2.24) is 0 Å². The van der Waals surface area contributed by atoms with Gasteiger partial charge in [-0.05, 0) is 18.2 Å². The summed E-state index contributed by atoms with van der Waals surface area (Å²) in [5, 5.41) is 10.2. The van der Waals surface area contributed by atoms with Crippen LogP contribution in [0.1, 0.15) is 18.1 Å². The number of aliphatic hydroxyl groups excluding tert-OH is 1. The normalized spacial score (nSPS) is 13.5. The van der Waals surface area contributed by atoms with Crippen molar-refractivity contribution in [3.05, 3.63) is 23.8 Å². The average Bonchev–Trinajstić information content (AvgIpc) is 2.45. The first kappa shape index (κ1) is 15.3. The van der Waals surface area contributed by atoms with Gasteiger partial charge in [-0.3, -0.25) is 4.79 Å². The molecule has 0 saturated carbocycles. The number of benzene rings is 1. The Balaban J connectivity index is 2.96. The summed E-state index contributed by atoms with van der Waals surface area (Å²) in [7, 11) is 4.28. The summed E-state index contributed by atoms with van der Waals surface area (Å²) in [6.45, 7) is 0. The van der Waals surface area contributed by atoms with Crippen LogP contribution in [-0.4, -0.2) is 38.4 Å². The number of esters is 1. The second-order valence-corrected chi connectivity index (χ2v) is 4.00. The van der Waals surface area contributed by atoms with E-state index in [1.807, 2.05) is 0 Å². The van der Waals surface area contributed by atoms with E-state index in [4.69, 9.17) is 15.2 Å². The van der Waals surface area contributed by atoms with Gasteiger partial charge < -0.3 is 25.1 Å². The first-order chi connectivity index (χ1) is 9.03. The summed E-state index contributed by atoms with van der Waals surface area (Å²) in [6.07, 6.45) is -1.14. The van der Waals surface area contributed by atoms with Gasteiger partial charge in [-0.2, -0.15) is 0 Å². The lowest BCUT2D eigenvalue weighted by atomic mass is 9.99. The molecule has 1 aromatic carbocycles. The Morgan fingerprint density at radius 1 is 1.32 bits per heavy atom. The molecule has 0 aliphatic heterocycles. The highest BCUT2D eigenvalue weighted by Gasteiger charge is 2.23. The second kappa shape index (κ2) is 6.96. The van der Waals surface area contributed by atoms with Crippen LogP contribution in [-0.2, 0) is 9.53 Å². The maximum Gasteiger partial charge on any atom is 0.307 e. The van der Waals surface area contributed by atoms with Gasteiger partial charge in [0.1, 0.15) is 11.5 Å². The van der Waals surface area contributed by atoms with Crippen molar-refractivity contribution < 1.29 is 24.1 Å². The number of aliphatic hydroxyl groups is 1. The molecule has 0 aromatic heterocycles. The molecule has 0 amide bonds. The third-order valence-electron chi connectivity index (χ3n) is 2.79. The van der Waals surface area contributed by atoms with Gasteiger partial charge in [0, 0.05) is 11.6 Å². The molecule has 2 atom stereocenters. The van der Waals surface area contributed by atoms with Gasteiger partial charge in [0.25, 0.3) is 0 Å². The monoisotopic (exact) mass is 269 g/mol. The van der Waals surface area contributed by atoms with Crippen LogP contribution in [0.15, 0.2) is 18.2 Å². The minimum absolute atomic E-state index is 0.0853. The van der Waals surface area contributed by atoms with E-state index in [1.54, 1.807) is 18.2 Å². The highest BCUT2D eigenvalue weighted by molar-refractivity contribution is 5.70. The number of carbonyl (C=O) groups is 1. The molecule has 0 fully saturated rings. The fourth-order valence-corrected chi connectivity index (χ4v) is 1.69. The molecule has 6 nitrogen and oxygen atoms in total. The zero-order chi connectivity index (χ0) is 14.4. The molecule has 0 aliphatic carbocycles. The van der Waals surface area contributed by atoms with Gasteiger partial charge in [-0.15, -0.1) is 0 Å². The molecule has 3 N–H and O–H groups in total. The molecular weight excluding hydrogens is 250 g/mol. The summed E-state index contributed by atoms with van der Waals surface area (Å²) in [6, 6.07) is 4.22. The lowest BCUT2D eigenvalue weighted by Crippen LogP contribution is -2.31. The van der Waals surface area contributed by atoms with Crippen LogP contribution < -0.4 is 15.2 Å². The van der Waals surface area contributed by atoms with Crippen molar-refractivity contribution in [2.75, 3.05) is 21.3 Å². The molecule has 6 heteroatoms. The van der Waals surface area contributed by atoms with E-state index in [0.29, 0.717) is 17.1 Å². The molecule has 0 aliphatic rings. The molecule has 1 aromatic rings. The SMILES string of the molecule is COC(=O)CC(N)C(O)c1cc(OC)ccc1OC. The number of carbonyl (C=O) groups excluding carboxylic acids is 1. The lowest BCUT2D eigenvalue weighted by molar-refractivity contribution is -0.141. The fourth-order valence-electron chi connectivity index (χ4n) is 1.69. The van der Waals surface area contributed by atoms with E-state index >= 15 is 0 Å². The van der Waals surface area contributed by atoms with Crippen LogP contribution in [0.4, 0.5) is 0 Å². The maximum atomic E-state index is 11.2. The Bertz CT molecular complexity index is 435. The van der Waals surface area contributed by atoms with Gasteiger partial charge in [0.05, 0.1) is 33.9 Å². The number of nitrogens with two attached hydrogens (primary N) is 1. The fraction of sp³-hybridized carbons (Fsp3) is 0.462. The van der Waals surface area contributed by atoms with E-state index in [-0.39, 0.29) is 6.42 Å². The minimum atomic E-state index is -1.05. The van der Waals surface area contributed by atoms with E-state index in [0.717, 1.165) is 0 Å². The number of ether oxygens (including phenoxy) is 3. The van der Waals surface area contributed by atoms with Crippen LogP contribution in [0, 0.1) is 0 Å². The number of rotatable bonds is 6. The average molecular weight is 269 g/mol. The van der Waals surface area contributed by atoms with E-state index < -0.39 is 18.1 Å². The molecule has 0 bridgehead atoms. The van der Waals surface area contributed by atoms with Gasteiger partial charge in [0.2, 0.25) is 0 Å². The zero-order valence-corrected chi connectivity index (χ0v) is 11.3. The summed E-state index contributed by atoms with van der Waals surface area (Å²) in [5.41, 5.74) is 6.26.